The number of ether oxygens (including phenoxy) is 1. The molecule has 2 aromatic carbocycles. The van der Waals surface area contributed by atoms with Crippen molar-refractivity contribution in [1.29, 1.82) is 0 Å². The highest BCUT2D eigenvalue weighted by Gasteiger charge is 2.20. The van der Waals surface area contributed by atoms with Crippen molar-refractivity contribution in [3.05, 3.63) is 92.4 Å². The summed E-state index contributed by atoms with van der Waals surface area (Å²) in [6.45, 7) is 5.00. The van der Waals surface area contributed by atoms with E-state index >= 15 is 0 Å². The number of aryl methyl sites for hydroxylation is 1. The number of imidazole rings is 1. The summed E-state index contributed by atoms with van der Waals surface area (Å²) in [5.74, 6) is 0.626. The average molecular weight is 523 g/mol. The summed E-state index contributed by atoms with van der Waals surface area (Å²) >= 11 is 0. The molecule has 1 unspecified atom stereocenters. The number of hydrogen-bond donors (Lipinski definition) is 2. The summed E-state index contributed by atoms with van der Waals surface area (Å²) in [7, 11) is -3.71. The molecule has 192 valence electrons. The van der Waals surface area contributed by atoms with Crippen molar-refractivity contribution in [2.45, 2.75) is 44.4 Å². The third-order valence-electron chi connectivity index (χ3n) is 6.29. The van der Waals surface area contributed by atoms with Gasteiger partial charge in [0.2, 0.25) is 10.0 Å². The van der Waals surface area contributed by atoms with Gasteiger partial charge >= 0.3 is 5.69 Å². The molecule has 11 nitrogen and oxygen atoms in total. The van der Waals surface area contributed by atoms with Gasteiger partial charge in [0.1, 0.15) is 12.6 Å². The Kier molecular flexibility index (Phi) is 6.52. The van der Waals surface area contributed by atoms with Gasteiger partial charge in [-0.2, -0.15) is 0 Å². The fourth-order valence-electron chi connectivity index (χ4n) is 4.25. The lowest BCUT2D eigenvalue weighted by molar-refractivity contribution is 0.317. The Labute approximate surface area is 212 Å². The van der Waals surface area contributed by atoms with E-state index in [0.717, 1.165) is 16.7 Å². The fraction of sp³-hybridized carbons (Fsp3) is 0.280. The Balaban J connectivity index is 1.27. The minimum atomic E-state index is -3.71. The third kappa shape index (κ3) is 4.98. The Morgan fingerprint density at radius 1 is 1.08 bits per heavy atom. The standard InChI is InChI=1S/C25H26N6O5S/c1-3-30-15-26-23-22(30)24(32)29-25(33)31(23)13-18-6-4-17(5-7-18)12-27-37(34,35)20-10-8-19(9-11-20)21-14-36-16(2)28-21/h4-11,15,21,27H,3,12-14H2,1-2H3,(H,29,32,33). The molecule has 0 fully saturated rings. The summed E-state index contributed by atoms with van der Waals surface area (Å²) in [6, 6.07) is 13.7. The van der Waals surface area contributed by atoms with Crippen LogP contribution >= 0.6 is 0 Å². The van der Waals surface area contributed by atoms with Gasteiger partial charge in [-0.25, -0.2) is 27.9 Å². The van der Waals surface area contributed by atoms with Gasteiger partial charge in [0, 0.05) is 20.0 Å². The number of hydrogen-bond acceptors (Lipinski definition) is 7. The zero-order valence-corrected chi connectivity index (χ0v) is 21.2. The van der Waals surface area contributed by atoms with Crippen LogP contribution in [-0.2, 0) is 34.4 Å². The maximum atomic E-state index is 12.8. The first kappa shape index (κ1) is 24.7. The maximum Gasteiger partial charge on any atom is 0.330 e. The van der Waals surface area contributed by atoms with Crippen LogP contribution in [0.4, 0.5) is 0 Å². The van der Waals surface area contributed by atoms with Crippen LogP contribution in [0.2, 0.25) is 0 Å². The molecule has 1 atom stereocenters. The highest BCUT2D eigenvalue weighted by atomic mass is 32.2. The normalized spacial score (nSPS) is 15.6. The zero-order chi connectivity index (χ0) is 26.2. The Morgan fingerprint density at radius 2 is 1.78 bits per heavy atom. The summed E-state index contributed by atoms with van der Waals surface area (Å²) in [6.07, 6.45) is 1.54. The second kappa shape index (κ2) is 9.79. The van der Waals surface area contributed by atoms with Crippen LogP contribution in [0.1, 0.15) is 36.6 Å². The molecule has 0 aliphatic carbocycles. The number of sulfonamides is 1. The summed E-state index contributed by atoms with van der Waals surface area (Å²) in [5, 5.41) is 0. The largest absolute Gasteiger partial charge is 0.479 e. The van der Waals surface area contributed by atoms with E-state index in [0.29, 0.717) is 30.2 Å². The van der Waals surface area contributed by atoms with Crippen LogP contribution in [0.5, 0.6) is 0 Å². The summed E-state index contributed by atoms with van der Waals surface area (Å²) in [5.41, 5.74) is 2.12. The van der Waals surface area contributed by atoms with E-state index < -0.39 is 21.3 Å². The number of benzene rings is 2. The van der Waals surface area contributed by atoms with Gasteiger partial charge < -0.3 is 9.30 Å². The monoisotopic (exact) mass is 522 g/mol. The molecule has 5 rings (SSSR count). The van der Waals surface area contributed by atoms with Gasteiger partial charge in [0.25, 0.3) is 5.56 Å². The molecule has 0 saturated heterocycles. The van der Waals surface area contributed by atoms with E-state index in [-0.39, 0.29) is 24.0 Å². The van der Waals surface area contributed by atoms with Gasteiger partial charge in [0.05, 0.1) is 17.8 Å². The van der Waals surface area contributed by atoms with Gasteiger partial charge in [0.15, 0.2) is 17.1 Å². The lowest BCUT2D eigenvalue weighted by Gasteiger charge is -2.10. The SMILES string of the molecule is CCn1cnc2c1c(=O)[nH]c(=O)n2Cc1ccc(CNS(=O)(=O)c2ccc(C3COC(C)=N3)cc2)cc1. The first-order valence-corrected chi connectivity index (χ1v) is 13.3. The molecule has 1 aliphatic rings. The molecule has 0 radical (unpaired) electrons. The fourth-order valence-corrected chi connectivity index (χ4v) is 5.27. The van der Waals surface area contributed by atoms with Crippen LogP contribution in [0.15, 0.2) is 74.3 Å². The van der Waals surface area contributed by atoms with Crippen LogP contribution < -0.4 is 16.0 Å². The molecule has 37 heavy (non-hydrogen) atoms. The molecule has 2 aromatic heterocycles. The minimum absolute atomic E-state index is 0.105. The number of rotatable bonds is 8. The minimum Gasteiger partial charge on any atom is -0.479 e. The van der Waals surface area contributed by atoms with Crippen molar-refractivity contribution in [3.8, 4) is 0 Å². The van der Waals surface area contributed by atoms with Crippen LogP contribution in [0, 0.1) is 0 Å². The van der Waals surface area contributed by atoms with Crippen LogP contribution in [0.25, 0.3) is 11.2 Å². The highest BCUT2D eigenvalue weighted by molar-refractivity contribution is 7.89. The number of H-pyrrole nitrogens is 1. The van der Waals surface area contributed by atoms with E-state index in [9.17, 15) is 18.0 Å². The molecule has 0 bridgehead atoms. The lowest BCUT2D eigenvalue weighted by atomic mass is 10.1. The smallest absolute Gasteiger partial charge is 0.330 e. The van der Waals surface area contributed by atoms with Gasteiger partial charge in [-0.1, -0.05) is 36.4 Å². The molecule has 1 aliphatic heterocycles. The first-order chi connectivity index (χ1) is 17.7. The van der Waals surface area contributed by atoms with Crippen molar-refractivity contribution in [2.75, 3.05) is 6.61 Å². The number of aromatic amines is 1. The molecule has 0 amide bonds. The van der Waals surface area contributed by atoms with Gasteiger partial charge in [-0.15, -0.1) is 0 Å². The second-order valence-corrected chi connectivity index (χ2v) is 10.5. The topological polar surface area (TPSA) is 140 Å². The first-order valence-electron chi connectivity index (χ1n) is 11.8. The molecule has 12 heteroatoms. The molecule has 0 saturated carbocycles. The number of aliphatic imine (C=N–C) groups is 1. The number of fused-ring (bicyclic) bond motifs is 1. The van der Waals surface area contributed by atoms with Crippen LogP contribution in [0.3, 0.4) is 0 Å². The Morgan fingerprint density at radius 3 is 2.43 bits per heavy atom. The van der Waals surface area contributed by atoms with Crippen molar-refractivity contribution in [2.24, 2.45) is 4.99 Å². The van der Waals surface area contributed by atoms with Gasteiger partial charge in [-0.05, 0) is 35.7 Å². The maximum absolute atomic E-state index is 12.8. The Hall–Kier alpha value is -4.03. The predicted octanol–water partition coefficient (Wildman–Crippen LogP) is 1.92. The number of nitrogens with one attached hydrogen (secondary N) is 2. The van der Waals surface area contributed by atoms with E-state index in [2.05, 4.69) is 19.7 Å². The molecular formula is C25H26N6O5S. The van der Waals surface area contributed by atoms with E-state index in [1.807, 2.05) is 19.1 Å². The van der Waals surface area contributed by atoms with Crippen molar-refractivity contribution < 1.29 is 13.2 Å². The number of aromatic nitrogens is 4. The molecule has 2 N–H and O–H groups in total. The average Bonchev–Trinajstić information content (AvgIpc) is 3.53. The van der Waals surface area contributed by atoms with Gasteiger partial charge in [-0.3, -0.25) is 14.3 Å². The van der Waals surface area contributed by atoms with Crippen LogP contribution in [-0.4, -0.2) is 40.0 Å². The second-order valence-electron chi connectivity index (χ2n) is 8.73. The van der Waals surface area contributed by atoms with Crippen molar-refractivity contribution >= 4 is 27.1 Å². The van der Waals surface area contributed by atoms with E-state index in [1.54, 1.807) is 47.9 Å². The summed E-state index contributed by atoms with van der Waals surface area (Å²) in [4.78, 5) is 35.8. The third-order valence-corrected chi connectivity index (χ3v) is 7.71. The van der Waals surface area contributed by atoms with Crippen molar-refractivity contribution in [3.63, 3.8) is 0 Å². The molecule has 0 spiro atoms. The number of nitrogens with zero attached hydrogens (tertiary/aromatic N) is 4. The lowest BCUT2D eigenvalue weighted by Crippen LogP contribution is -2.31. The quantitative estimate of drug-likeness (QED) is 0.362. The predicted molar refractivity (Wildman–Crippen MR) is 138 cm³/mol. The molecule has 4 aromatic rings. The van der Waals surface area contributed by atoms with E-state index in [4.69, 9.17) is 4.74 Å². The zero-order valence-electron chi connectivity index (χ0n) is 20.3. The van der Waals surface area contributed by atoms with E-state index in [1.165, 1.54) is 10.9 Å². The molecular weight excluding hydrogens is 496 g/mol. The highest BCUT2D eigenvalue weighted by Crippen LogP contribution is 2.24. The Bertz CT molecular complexity index is 1700. The molecule has 3 heterocycles. The summed E-state index contributed by atoms with van der Waals surface area (Å²) < 4.78 is 36.6. The van der Waals surface area contributed by atoms with Crippen molar-refractivity contribution in [1.82, 2.24) is 23.8 Å².